The molecule has 0 aromatic heterocycles. The number of esters is 2. The number of carbonyl (C=O) groups excluding carboxylic acids is 2. The van der Waals surface area contributed by atoms with Crippen LogP contribution in [0.25, 0.3) is 0 Å². The second-order valence-electron chi connectivity index (χ2n) is 6.45. The molecule has 0 amide bonds. The molecule has 0 heterocycles. The van der Waals surface area contributed by atoms with E-state index in [1.807, 2.05) is 0 Å². The number of hydrogen-bond acceptors (Lipinski definition) is 10. The number of benzene rings is 3. The molecule has 0 bridgehead atoms. The van der Waals surface area contributed by atoms with Crippen molar-refractivity contribution in [2.24, 2.45) is 0 Å². The normalized spacial score (nSPS) is 10.1. The van der Waals surface area contributed by atoms with Crippen LogP contribution in [0.15, 0.2) is 72.8 Å². The predicted octanol–water partition coefficient (Wildman–Crippen LogP) is 3.47. The van der Waals surface area contributed by atoms with Gasteiger partial charge >= 0.3 is 23.3 Å². The smallest absolute Gasteiger partial charge is 0.349 e. The number of nitro benzene ring substituents is 2. The van der Waals surface area contributed by atoms with Gasteiger partial charge < -0.3 is 18.9 Å². The first kappa shape index (κ1) is 23.7. The van der Waals surface area contributed by atoms with E-state index in [9.17, 15) is 29.8 Å². The first-order chi connectivity index (χ1) is 16.3. The number of nitro groups is 2. The number of para-hydroxylation sites is 4. The molecule has 34 heavy (non-hydrogen) atoms. The third kappa shape index (κ3) is 6.50. The molecule has 12 heteroatoms. The van der Waals surface area contributed by atoms with Crippen LogP contribution >= 0.6 is 0 Å². The highest BCUT2D eigenvalue weighted by atomic mass is 16.6. The van der Waals surface area contributed by atoms with Gasteiger partial charge in [-0.1, -0.05) is 24.3 Å². The van der Waals surface area contributed by atoms with Crippen molar-refractivity contribution in [3.63, 3.8) is 0 Å². The Labute approximate surface area is 191 Å². The lowest BCUT2D eigenvalue weighted by atomic mass is 10.3. The zero-order valence-electron chi connectivity index (χ0n) is 17.3. The fourth-order valence-electron chi connectivity index (χ4n) is 2.61. The Kier molecular flexibility index (Phi) is 7.68. The van der Waals surface area contributed by atoms with E-state index in [1.54, 1.807) is 0 Å². The van der Waals surface area contributed by atoms with Crippen LogP contribution < -0.4 is 18.9 Å². The molecule has 0 saturated carbocycles. The average molecular weight is 468 g/mol. The Morgan fingerprint density at radius 1 is 0.618 bits per heavy atom. The highest BCUT2D eigenvalue weighted by Crippen LogP contribution is 2.27. The Hall–Kier alpha value is -5.00. The first-order valence-electron chi connectivity index (χ1n) is 9.57. The topological polar surface area (TPSA) is 157 Å². The molecule has 0 radical (unpaired) electrons. The fraction of sp³-hybridized carbons (Fsp3) is 0.0909. The van der Waals surface area contributed by atoms with Crippen LogP contribution in [-0.2, 0) is 9.59 Å². The highest BCUT2D eigenvalue weighted by Gasteiger charge is 2.18. The molecular weight excluding hydrogens is 452 g/mol. The summed E-state index contributed by atoms with van der Waals surface area (Å²) in [6.45, 7) is -1.01. The number of nitrogens with zero attached hydrogens (tertiary/aromatic N) is 2. The molecule has 0 aliphatic heterocycles. The van der Waals surface area contributed by atoms with Gasteiger partial charge in [0.05, 0.1) is 9.85 Å². The Balaban J connectivity index is 1.47. The summed E-state index contributed by atoms with van der Waals surface area (Å²) in [5.74, 6) is -1.53. The SMILES string of the molecule is O=C(COc1ccc(OCC(=O)Oc2ccccc2[N+](=O)[O-])cc1)Oc1ccccc1[N+](=O)[O-]. The van der Waals surface area contributed by atoms with Gasteiger partial charge in [0.25, 0.3) is 0 Å². The molecule has 12 nitrogen and oxygen atoms in total. The zero-order chi connectivity index (χ0) is 24.5. The molecule has 3 aromatic carbocycles. The van der Waals surface area contributed by atoms with Crippen molar-refractivity contribution in [1.82, 2.24) is 0 Å². The second kappa shape index (κ2) is 11.0. The fourth-order valence-corrected chi connectivity index (χ4v) is 2.61. The van der Waals surface area contributed by atoms with Crippen LogP contribution in [0, 0.1) is 20.2 Å². The zero-order valence-corrected chi connectivity index (χ0v) is 17.3. The summed E-state index contributed by atoms with van der Waals surface area (Å²) >= 11 is 0. The molecule has 174 valence electrons. The summed E-state index contributed by atoms with van der Waals surface area (Å²) in [5.41, 5.74) is -0.699. The molecule has 0 saturated heterocycles. The second-order valence-corrected chi connectivity index (χ2v) is 6.45. The van der Waals surface area contributed by atoms with E-state index in [0.29, 0.717) is 0 Å². The van der Waals surface area contributed by atoms with Gasteiger partial charge in [-0.2, -0.15) is 0 Å². The minimum Gasteiger partial charge on any atom is -0.482 e. The maximum atomic E-state index is 11.9. The van der Waals surface area contributed by atoms with E-state index in [0.717, 1.165) is 0 Å². The molecule has 0 N–H and O–H groups in total. The Morgan fingerprint density at radius 3 is 1.32 bits per heavy atom. The summed E-state index contributed by atoms with van der Waals surface area (Å²) in [5, 5.41) is 21.9. The van der Waals surface area contributed by atoms with Crippen molar-refractivity contribution >= 4 is 23.3 Å². The molecule has 0 aliphatic carbocycles. The van der Waals surface area contributed by atoms with Gasteiger partial charge in [0.1, 0.15) is 11.5 Å². The van der Waals surface area contributed by atoms with Crippen molar-refractivity contribution in [2.75, 3.05) is 13.2 Å². The van der Waals surface area contributed by atoms with Crippen LogP contribution in [-0.4, -0.2) is 35.0 Å². The molecule has 3 rings (SSSR count). The summed E-state index contributed by atoms with van der Waals surface area (Å²) < 4.78 is 20.5. The number of hydrogen-bond donors (Lipinski definition) is 0. The molecule has 0 fully saturated rings. The van der Waals surface area contributed by atoms with E-state index >= 15 is 0 Å². The van der Waals surface area contributed by atoms with Crippen LogP contribution in [0.4, 0.5) is 11.4 Å². The van der Waals surface area contributed by atoms with Gasteiger partial charge in [0.15, 0.2) is 13.2 Å². The van der Waals surface area contributed by atoms with E-state index in [4.69, 9.17) is 18.9 Å². The predicted molar refractivity (Wildman–Crippen MR) is 115 cm³/mol. The monoisotopic (exact) mass is 468 g/mol. The van der Waals surface area contributed by atoms with Crippen LogP contribution in [0.1, 0.15) is 0 Å². The highest BCUT2D eigenvalue weighted by molar-refractivity contribution is 5.76. The first-order valence-corrected chi connectivity index (χ1v) is 9.57. The number of rotatable bonds is 10. The van der Waals surface area contributed by atoms with E-state index in [1.165, 1.54) is 72.8 Å². The number of ether oxygens (including phenoxy) is 4. The lowest BCUT2D eigenvalue weighted by Crippen LogP contribution is -2.18. The minimum absolute atomic E-state index is 0.197. The lowest BCUT2D eigenvalue weighted by molar-refractivity contribution is -0.385. The van der Waals surface area contributed by atoms with Gasteiger partial charge in [-0.15, -0.1) is 0 Å². The quantitative estimate of drug-likeness (QED) is 0.187. The maximum Gasteiger partial charge on any atom is 0.349 e. The number of carbonyl (C=O) groups is 2. The van der Waals surface area contributed by atoms with Crippen molar-refractivity contribution in [3.05, 3.63) is 93.0 Å². The summed E-state index contributed by atoms with van der Waals surface area (Å²) in [6, 6.07) is 16.7. The van der Waals surface area contributed by atoms with Gasteiger partial charge in [-0.3, -0.25) is 20.2 Å². The molecule has 3 aromatic rings. The van der Waals surface area contributed by atoms with Crippen LogP contribution in [0.5, 0.6) is 23.0 Å². The molecule has 0 aliphatic rings. The van der Waals surface area contributed by atoms with Gasteiger partial charge in [0.2, 0.25) is 11.5 Å². The van der Waals surface area contributed by atoms with Crippen LogP contribution in [0.3, 0.4) is 0 Å². The van der Waals surface area contributed by atoms with Crippen LogP contribution in [0.2, 0.25) is 0 Å². The third-order valence-electron chi connectivity index (χ3n) is 4.11. The van der Waals surface area contributed by atoms with Gasteiger partial charge in [0, 0.05) is 12.1 Å². The summed E-state index contributed by atoms with van der Waals surface area (Å²) in [7, 11) is 0. The average Bonchev–Trinajstić information content (AvgIpc) is 2.82. The Bertz CT molecular complexity index is 1120. The summed E-state index contributed by atoms with van der Waals surface area (Å²) in [6.07, 6.45) is 0. The molecule has 0 spiro atoms. The van der Waals surface area contributed by atoms with E-state index < -0.39 is 35.0 Å². The van der Waals surface area contributed by atoms with Gasteiger partial charge in [-0.25, -0.2) is 9.59 Å². The largest absolute Gasteiger partial charge is 0.482 e. The van der Waals surface area contributed by atoms with Crippen molar-refractivity contribution in [3.8, 4) is 23.0 Å². The van der Waals surface area contributed by atoms with E-state index in [2.05, 4.69) is 0 Å². The van der Waals surface area contributed by atoms with Crippen molar-refractivity contribution < 1.29 is 38.4 Å². The summed E-state index contributed by atoms with van der Waals surface area (Å²) in [4.78, 5) is 44.4. The van der Waals surface area contributed by atoms with Gasteiger partial charge in [-0.05, 0) is 36.4 Å². The lowest BCUT2D eigenvalue weighted by Gasteiger charge is -2.09. The molecule has 0 unspecified atom stereocenters. The molecule has 0 atom stereocenters. The minimum atomic E-state index is -0.840. The molecular formula is C22H16N2O10. The standard InChI is InChI=1S/C22H16N2O10/c25-21(33-19-7-3-1-5-17(19)23(27)28)13-31-15-9-11-16(12-10-15)32-14-22(26)34-20-8-4-2-6-18(20)24(29)30/h1-12H,13-14H2. The third-order valence-corrected chi connectivity index (χ3v) is 4.11. The van der Waals surface area contributed by atoms with Crippen molar-refractivity contribution in [1.29, 1.82) is 0 Å². The van der Waals surface area contributed by atoms with Crippen molar-refractivity contribution in [2.45, 2.75) is 0 Å². The Morgan fingerprint density at radius 2 is 0.971 bits per heavy atom. The maximum absolute atomic E-state index is 11.9. The van der Waals surface area contributed by atoms with E-state index in [-0.39, 0.29) is 34.4 Å².